The predicted octanol–water partition coefficient (Wildman–Crippen LogP) is 7.99. The largest absolute Gasteiger partial charge is 0.453 e. The third kappa shape index (κ3) is 8.30. The van der Waals surface area contributed by atoms with Gasteiger partial charge >= 0.3 is 6.09 Å². The Morgan fingerprint density at radius 2 is 1.65 bits per heavy atom. The van der Waals surface area contributed by atoms with Gasteiger partial charge < -0.3 is 29.8 Å². The molecule has 2 saturated heterocycles. The van der Waals surface area contributed by atoms with Crippen LogP contribution in [-0.2, 0) is 25.2 Å². The van der Waals surface area contributed by atoms with Gasteiger partial charge in [-0.25, -0.2) is 14.8 Å². The molecule has 3 aliphatic carbocycles. The van der Waals surface area contributed by atoms with Crippen molar-refractivity contribution in [3.8, 4) is 11.3 Å². The number of fused-ring (bicyclic) bond motifs is 3. The average molecular weight is 740 g/mol. The van der Waals surface area contributed by atoms with Crippen LogP contribution in [0.1, 0.15) is 129 Å². The lowest BCUT2D eigenvalue weighted by Gasteiger charge is -2.53. The van der Waals surface area contributed by atoms with Gasteiger partial charge in [-0.15, -0.1) is 0 Å². The fourth-order valence-electron chi connectivity index (χ4n) is 9.17. The highest BCUT2D eigenvalue weighted by Crippen LogP contribution is 2.58. The Bertz CT molecular complexity index is 1760. The van der Waals surface area contributed by atoms with Crippen molar-refractivity contribution >= 4 is 17.9 Å². The van der Waals surface area contributed by atoms with Crippen LogP contribution < -0.4 is 5.32 Å². The number of benzene rings is 1. The minimum atomic E-state index is -0.626. The highest BCUT2D eigenvalue weighted by atomic mass is 16.5. The molecule has 2 aromatic heterocycles. The summed E-state index contributed by atoms with van der Waals surface area (Å²) < 4.78 is 4.77. The highest BCUT2D eigenvalue weighted by molar-refractivity contribution is 5.86. The number of hydrogen-bond donors (Lipinski definition) is 3. The first-order chi connectivity index (χ1) is 25.8. The van der Waals surface area contributed by atoms with Crippen molar-refractivity contribution in [3.63, 3.8) is 0 Å². The number of alkyl carbamates (subject to hydrolysis) is 1. The van der Waals surface area contributed by atoms with E-state index < -0.39 is 12.1 Å². The van der Waals surface area contributed by atoms with Gasteiger partial charge in [-0.2, -0.15) is 0 Å². The van der Waals surface area contributed by atoms with E-state index in [1.807, 2.05) is 36.0 Å². The first-order valence-corrected chi connectivity index (χ1v) is 20.1. The quantitative estimate of drug-likeness (QED) is 0.191. The predicted molar refractivity (Wildman–Crippen MR) is 211 cm³/mol. The number of aromatic amines is 2. The summed E-state index contributed by atoms with van der Waals surface area (Å²) >= 11 is 0. The van der Waals surface area contributed by atoms with Crippen LogP contribution in [0.2, 0.25) is 0 Å². The second kappa shape index (κ2) is 16.5. The fraction of sp³-hybridized carbons (Fsp3) is 0.605. The van der Waals surface area contributed by atoms with Crippen molar-refractivity contribution in [3.05, 3.63) is 71.2 Å². The van der Waals surface area contributed by atoms with Crippen molar-refractivity contribution in [1.82, 2.24) is 35.1 Å². The summed E-state index contributed by atoms with van der Waals surface area (Å²) in [6.07, 6.45) is 15.5. The summed E-state index contributed by atoms with van der Waals surface area (Å²) in [5.74, 6) is 1.53. The van der Waals surface area contributed by atoms with E-state index in [4.69, 9.17) is 9.72 Å². The number of hydrogen-bond acceptors (Lipinski definition) is 6. The molecule has 3 N–H and O–H groups in total. The third-order valence-electron chi connectivity index (χ3n) is 12.7. The number of rotatable bonds is 9. The number of carbonyl (C=O) groups excluding carboxylic acids is 3. The number of imidazole rings is 2. The first-order valence-electron chi connectivity index (χ1n) is 20.1. The topological polar surface area (TPSA) is 136 Å². The number of aromatic nitrogens is 4. The summed E-state index contributed by atoms with van der Waals surface area (Å²) in [5.41, 5.74) is 8.10. The zero-order valence-electron chi connectivity index (χ0n) is 33.5. The molecule has 0 spiro atoms. The number of amides is 3. The number of carbonyl (C=O) groups is 3. The molecule has 8 rings (SSSR count). The second-order valence-electron chi connectivity index (χ2n) is 17.1. The van der Waals surface area contributed by atoms with Crippen LogP contribution >= 0.6 is 0 Å². The van der Waals surface area contributed by atoms with E-state index in [9.17, 15) is 14.4 Å². The fourth-order valence-corrected chi connectivity index (χ4v) is 9.17. The molecule has 0 radical (unpaired) electrons. The maximum atomic E-state index is 13.5. The van der Waals surface area contributed by atoms with Gasteiger partial charge in [0.15, 0.2) is 0 Å². The molecule has 2 aliphatic heterocycles. The van der Waals surface area contributed by atoms with Gasteiger partial charge in [0.05, 0.1) is 31.4 Å². The number of ether oxygens (including phenoxy) is 1. The second-order valence-corrected chi connectivity index (χ2v) is 17.1. The molecule has 3 amide bonds. The van der Waals surface area contributed by atoms with Crippen LogP contribution in [-0.4, -0.2) is 80.4 Å². The maximum Gasteiger partial charge on any atom is 0.407 e. The van der Waals surface area contributed by atoms with Gasteiger partial charge in [0.2, 0.25) is 11.8 Å². The van der Waals surface area contributed by atoms with Crippen molar-refractivity contribution in [1.29, 1.82) is 0 Å². The minimum absolute atomic E-state index is 0.0506. The molecular weight excluding hydrogens is 679 g/mol. The zero-order chi connectivity index (χ0) is 38.6. The number of nitrogens with zero attached hydrogens (tertiary/aromatic N) is 4. The molecule has 2 bridgehead atoms. The van der Waals surface area contributed by atoms with E-state index in [0.717, 1.165) is 63.1 Å². The highest BCUT2D eigenvalue weighted by Gasteiger charge is 2.51. The molecule has 3 aromatic rings. The number of nitrogens with one attached hydrogen (secondary N) is 3. The molecule has 2 unspecified atom stereocenters. The van der Waals surface area contributed by atoms with E-state index in [0.29, 0.717) is 24.8 Å². The molecule has 292 valence electrons. The summed E-state index contributed by atoms with van der Waals surface area (Å²) in [6, 6.07) is 8.34. The molecule has 3 saturated carbocycles. The molecule has 4 heterocycles. The summed E-state index contributed by atoms with van der Waals surface area (Å²) in [7, 11) is 1.32. The van der Waals surface area contributed by atoms with Crippen molar-refractivity contribution < 1.29 is 19.1 Å². The molecule has 11 nitrogen and oxygen atoms in total. The Morgan fingerprint density at radius 3 is 2.22 bits per heavy atom. The Labute approximate surface area is 321 Å². The monoisotopic (exact) mass is 739 g/mol. The normalized spacial score (nSPS) is 24.1. The molecule has 1 aromatic carbocycles. The lowest BCUT2D eigenvalue weighted by molar-refractivity contribution is -0.135. The Balaban J connectivity index is 0.000000300. The van der Waals surface area contributed by atoms with Crippen molar-refractivity contribution in [2.45, 2.75) is 129 Å². The number of likely N-dealkylation sites (tertiary alicyclic amines) is 2. The lowest BCUT2D eigenvalue weighted by atomic mass is 9.51. The zero-order valence-corrected chi connectivity index (χ0v) is 33.5. The lowest BCUT2D eigenvalue weighted by Crippen LogP contribution is -2.51. The van der Waals surface area contributed by atoms with E-state index >= 15 is 0 Å². The average Bonchev–Trinajstić information content (AvgIpc) is 4.01. The summed E-state index contributed by atoms with van der Waals surface area (Å²) in [5, 5.41) is 2.73. The van der Waals surface area contributed by atoms with E-state index in [1.165, 1.54) is 54.3 Å². The third-order valence-corrected chi connectivity index (χ3v) is 12.7. The van der Waals surface area contributed by atoms with Gasteiger partial charge in [0, 0.05) is 43.4 Å². The van der Waals surface area contributed by atoms with Crippen LogP contribution in [0.5, 0.6) is 0 Å². The van der Waals surface area contributed by atoms with Gasteiger partial charge in [0.25, 0.3) is 0 Å². The molecule has 5 aliphatic rings. The summed E-state index contributed by atoms with van der Waals surface area (Å²) in [4.78, 5) is 56.9. The summed E-state index contributed by atoms with van der Waals surface area (Å²) in [6.45, 7) is 14.8. The Morgan fingerprint density at radius 1 is 0.963 bits per heavy atom. The molecular formula is C43H61N7O4. The number of methoxy groups -OCH3 is 1. The van der Waals surface area contributed by atoms with Crippen LogP contribution in [0.25, 0.3) is 11.3 Å². The standard InChI is InChI=1S/C31H40N6O3.C12H21NO/c1-20(2)26(36-29(39)40-3)28(38)37-16-4-5-24(37)27-33-18-25(35-27)31-13-10-30(11-14-31,12-15-31)22-8-6-21(7-9-22)23-17-32-19-34-23;1-9(2)7-12(14)13-6-5-11(8-13)10(3)4/h6-9,17-20,24,26H,4-5,10-16H2,1-3H3,(H,32,34)(H,33,35)(H,36,39);9H,5-8H2,1-4H3. The first kappa shape index (κ1) is 39.3. The van der Waals surface area contributed by atoms with Crippen molar-refractivity contribution in [2.24, 2.45) is 11.8 Å². The molecule has 11 heteroatoms. The van der Waals surface area contributed by atoms with Gasteiger partial charge in [0.1, 0.15) is 11.9 Å². The molecule has 2 atom stereocenters. The van der Waals surface area contributed by atoms with E-state index in [-0.39, 0.29) is 28.7 Å². The Kier molecular flexibility index (Phi) is 12.0. The molecule has 54 heavy (non-hydrogen) atoms. The smallest absolute Gasteiger partial charge is 0.407 e. The van der Waals surface area contributed by atoms with Gasteiger partial charge in [-0.3, -0.25) is 9.59 Å². The van der Waals surface area contributed by atoms with Crippen molar-refractivity contribution in [2.75, 3.05) is 26.7 Å². The molecule has 5 fully saturated rings. The maximum absolute atomic E-state index is 13.5. The van der Waals surface area contributed by atoms with Crippen LogP contribution in [0.4, 0.5) is 4.79 Å². The number of allylic oxidation sites excluding steroid dienone is 1. The van der Waals surface area contributed by atoms with Gasteiger partial charge in [-0.05, 0) is 100 Å². The number of H-pyrrole nitrogens is 2. The van der Waals surface area contributed by atoms with E-state index in [2.05, 4.69) is 72.2 Å². The van der Waals surface area contributed by atoms with E-state index in [1.54, 1.807) is 6.33 Å². The van der Waals surface area contributed by atoms with Crippen LogP contribution in [0, 0.1) is 11.8 Å². The van der Waals surface area contributed by atoms with Gasteiger partial charge in [-0.1, -0.05) is 63.1 Å². The minimum Gasteiger partial charge on any atom is -0.453 e. The Hall–Kier alpha value is -4.41. The van der Waals surface area contributed by atoms with Crippen LogP contribution in [0.15, 0.2) is 54.1 Å². The van der Waals surface area contributed by atoms with Crippen LogP contribution in [0.3, 0.4) is 0 Å². The SMILES string of the molecule is CC(C)=C1CCN(C(=O)CC(C)C)C1.COC(=O)NC(C(=O)N1CCCC1c1ncc(C23CCC(c4ccc(-c5cnc[nH]5)cc4)(CC2)CC3)[nH]1)C(C)C.